The van der Waals surface area contributed by atoms with Gasteiger partial charge in [0.15, 0.2) is 0 Å². The van der Waals surface area contributed by atoms with Gasteiger partial charge < -0.3 is 14.9 Å². The molecule has 0 bridgehead atoms. The third kappa shape index (κ3) is 2.08. The van der Waals surface area contributed by atoms with Crippen molar-refractivity contribution in [1.29, 1.82) is 0 Å². The maximum absolute atomic E-state index is 5.72. The summed E-state index contributed by atoms with van der Waals surface area (Å²) >= 11 is 0. The Bertz CT molecular complexity index is 447. The van der Waals surface area contributed by atoms with E-state index < -0.39 is 0 Å². The number of rotatable bonds is 2. The third-order valence-electron chi connectivity index (χ3n) is 3.78. The maximum Gasteiger partial charge on any atom is 0.145 e. The van der Waals surface area contributed by atoms with Gasteiger partial charge in [-0.05, 0) is 42.9 Å². The Balaban J connectivity index is 1.74. The molecule has 2 aliphatic heterocycles. The smallest absolute Gasteiger partial charge is 0.145 e. The number of hydrogen-bond acceptors (Lipinski definition) is 4. The summed E-state index contributed by atoms with van der Waals surface area (Å²) in [5.74, 6) is 0.870. The summed E-state index contributed by atoms with van der Waals surface area (Å²) in [7, 11) is 1.68. The number of benzene rings is 1. The first-order valence-electron chi connectivity index (χ1n) is 6.42. The molecule has 1 saturated heterocycles. The average Bonchev–Trinajstić information content (AvgIpc) is 2.83. The zero-order valence-corrected chi connectivity index (χ0v) is 10.6. The van der Waals surface area contributed by atoms with Crippen LogP contribution in [0.4, 0.5) is 0 Å². The molecule has 4 nitrogen and oxygen atoms in total. The summed E-state index contributed by atoms with van der Waals surface area (Å²) in [5, 5.41) is 7.64. The van der Waals surface area contributed by atoms with Crippen molar-refractivity contribution in [1.82, 2.24) is 5.32 Å². The number of methoxy groups -OCH3 is 1. The van der Waals surface area contributed by atoms with Gasteiger partial charge in [-0.3, -0.25) is 0 Å². The summed E-state index contributed by atoms with van der Waals surface area (Å²) in [5.41, 5.74) is 2.13. The Kier molecular flexibility index (Phi) is 2.96. The van der Waals surface area contributed by atoms with Gasteiger partial charge >= 0.3 is 0 Å². The van der Waals surface area contributed by atoms with Crippen molar-refractivity contribution in [2.45, 2.75) is 24.9 Å². The van der Waals surface area contributed by atoms with Crippen molar-refractivity contribution in [2.75, 3.05) is 20.2 Å². The van der Waals surface area contributed by atoms with Crippen LogP contribution in [-0.4, -0.2) is 31.5 Å². The lowest BCUT2D eigenvalue weighted by Crippen LogP contribution is -2.42. The standard InChI is InChI=1S/C14H18N2O2/c1-17-12-4-2-11(3-5-12)13-10-14(18-16-13)6-8-15-9-7-14/h2-5,15H,6-10H2,1H3. The van der Waals surface area contributed by atoms with Crippen LogP contribution in [0, 0.1) is 0 Å². The van der Waals surface area contributed by atoms with Gasteiger partial charge in [0.25, 0.3) is 0 Å². The Morgan fingerprint density at radius 2 is 1.94 bits per heavy atom. The van der Waals surface area contributed by atoms with E-state index in [9.17, 15) is 0 Å². The van der Waals surface area contributed by atoms with Crippen LogP contribution >= 0.6 is 0 Å². The number of oxime groups is 1. The van der Waals surface area contributed by atoms with Gasteiger partial charge in [0.1, 0.15) is 11.4 Å². The Labute approximate surface area is 107 Å². The normalized spacial score (nSPS) is 21.5. The molecule has 3 rings (SSSR count). The molecular weight excluding hydrogens is 228 g/mol. The second-order valence-corrected chi connectivity index (χ2v) is 4.97. The SMILES string of the molecule is COc1ccc(C2=NOC3(CCNCC3)C2)cc1. The molecule has 0 aromatic heterocycles. The van der Waals surface area contributed by atoms with Gasteiger partial charge in [-0.2, -0.15) is 0 Å². The monoisotopic (exact) mass is 246 g/mol. The first-order chi connectivity index (χ1) is 8.81. The summed E-state index contributed by atoms with van der Waals surface area (Å²) < 4.78 is 5.16. The topological polar surface area (TPSA) is 42.9 Å². The lowest BCUT2D eigenvalue weighted by Gasteiger charge is -2.30. The molecule has 96 valence electrons. The summed E-state index contributed by atoms with van der Waals surface area (Å²) in [6, 6.07) is 8.01. The fourth-order valence-corrected chi connectivity index (χ4v) is 2.61. The fourth-order valence-electron chi connectivity index (χ4n) is 2.61. The van der Waals surface area contributed by atoms with Gasteiger partial charge in [0, 0.05) is 19.3 Å². The van der Waals surface area contributed by atoms with Gasteiger partial charge in [-0.25, -0.2) is 0 Å². The van der Waals surface area contributed by atoms with Crippen LogP contribution in [0.25, 0.3) is 0 Å². The molecule has 4 heteroatoms. The van der Waals surface area contributed by atoms with Crippen LogP contribution in [0.5, 0.6) is 5.75 Å². The minimum atomic E-state index is -0.0550. The molecule has 2 aliphatic rings. The van der Waals surface area contributed by atoms with Crippen LogP contribution in [0.2, 0.25) is 0 Å². The number of ether oxygens (including phenoxy) is 1. The van der Waals surface area contributed by atoms with Gasteiger partial charge in [-0.1, -0.05) is 5.16 Å². The fraction of sp³-hybridized carbons (Fsp3) is 0.500. The van der Waals surface area contributed by atoms with Gasteiger partial charge in [0.2, 0.25) is 0 Å². The van der Waals surface area contributed by atoms with E-state index in [4.69, 9.17) is 9.57 Å². The van der Waals surface area contributed by atoms with Crippen molar-refractivity contribution >= 4 is 5.71 Å². The highest BCUT2D eigenvalue weighted by Crippen LogP contribution is 2.34. The second-order valence-electron chi connectivity index (χ2n) is 4.97. The highest BCUT2D eigenvalue weighted by Gasteiger charge is 2.40. The van der Waals surface area contributed by atoms with Gasteiger partial charge in [-0.15, -0.1) is 0 Å². The second kappa shape index (κ2) is 4.61. The molecule has 0 saturated carbocycles. The lowest BCUT2D eigenvalue weighted by molar-refractivity contribution is -0.0400. The van der Waals surface area contributed by atoms with E-state index in [1.165, 1.54) is 0 Å². The highest BCUT2D eigenvalue weighted by molar-refractivity contribution is 6.01. The van der Waals surface area contributed by atoms with Crippen LogP contribution in [0.1, 0.15) is 24.8 Å². The minimum absolute atomic E-state index is 0.0550. The van der Waals surface area contributed by atoms with E-state index in [0.717, 1.165) is 49.4 Å². The Hall–Kier alpha value is -1.55. The van der Waals surface area contributed by atoms with E-state index >= 15 is 0 Å². The first-order valence-corrected chi connectivity index (χ1v) is 6.42. The highest BCUT2D eigenvalue weighted by atomic mass is 16.7. The number of nitrogens with zero attached hydrogens (tertiary/aromatic N) is 1. The molecule has 1 fully saturated rings. The van der Waals surface area contributed by atoms with E-state index in [1.54, 1.807) is 7.11 Å². The van der Waals surface area contributed by atoms with Crippen molar-refractivity contribution < 1.29 is 9.57 Å². The zero-order valence-electron chi connectivity index (χ0n) is 10.6. The molecule has 18 heavy (non-hydrogen) atoms. The quantitative estimate of drug-likeness (QED) is 0.867. The Morgan fingerprint density at radius 3 is 2.61 bits per heavy atom. The summed E-state index contributed by atoms with van der Waals surface area (Å²) in [6.45, 7) is 2.04. The van der Waals surface area contributed by atoms with E-state index in [-0.39, 0.29) is 5.60 Å². The molecule has 2 heterocycles. The zero-order chi connectivity index (χ0) is 12.4. The number of nitrogens with one attached hydrogen (secondary N) is 1. The number of hydrogen-bond donors (Lipinski definition) is 1. The lowest BCUT2D eigenvalue weighted by atomic mass is 9.86. The molecular formula is C14H18N2O2. The van der Waals surface area contributed by atoms with Crippen LogP contribution < -0.4 is 10.1 Å². The van der Waals surface area contributed by atoms with Crippen LogP contribution in [0.3, 0.4) is 0 Å². The summed E-state index contributed by atoms with van der Waals surface area (Å²) in [4.78, 5) is 5.72. The molecule has 1 aromatic carbocycles. The molecule has 1 aromatic rings. The molecule has 0 atom stereocenters. The molecule has 1 N–H and O–H groups in total. The van der Waals surface area contributed by atoms with Crippen molar-refractivity contribution in [2.24, 2.45) is 5.16 Å². The predicted octanol–water partition coefficient (Wildman–Crippen LogP) is 1.94. The minimum Gasteiger partial charge on any atom is -0.497 e. The van der Waals surface area contributed by atoms with Crippen LogP contribution in [-0.2, 0) is 4.84 Å². The van der Waals surface area contributed by atoms with E-state index in [1.807, 2.05) is 24.3 Å². The Morgan fingerprint density at radius 1 is 1.22 bits per heavy atom. The van der Waals surface area contributed by atoms with Gasteiger partial charge in [0.05, 0.1) is 12.8 Å². The van der Waals surface area contributed by atoms with Crippen molar-refractivity contribution in [3.05, 3.63) is 29.8 Å². The van der Waals surface area contributed by atoms with Crippen molar-refractivity contribution in [3.63, 3.8) is 0 Å². The predicted molar refractivity (Wildman–Crippen MR) is 70.1 cm³/mol. The van der Waals surface area contributed by atoms with E-state index in [2.05, 4.69) is 10.5 Å². The molecule has 0 radical (unpaired) electrons. The molecule has 0 unspecified atom stereocenters. The number of piperidine rings is 1. The first kappa shape index (κ1) is 11.5. The molecule has 0 amide bonds. The molecule has 1 spiro atoms. The molecule has 0 aliphatic carbocycles. The van der Waals surface area contributed by atoms with E-state index in [0.29, 0.717) is 0 Å². The summed E-state index contributed by atoms with van der Waals surface area (Å²) in [6.07, 6.45) is 2.99. The maximum atomic E-state index is 5.72. The average molecular weight is 246 g/mol. The van der Waals surface area contributed by atoms with Crippen LogP contribution in [0.15, 0.2) is 29.4 Å². The third-order valence-corrected chi connectivity index (χ3v) is 3.78. The van der Waals surface area contributed by atoms with Crippen molar-refractivity contribution in [3.8, 4) is 5.75 Å². The largest absolute Gasteiger partial charge is 0.497 e.